The minimum Gasteiger partial charge on any atom is -0.478 e. The molecule has 1 aromatic carbocycles. The maximum absolute atomic E-state index is 11.7. The van der Waals surface area contributed by atoms with Crippen molar-refractivity contribution < 1.29 is 24.2 Å². The number of carbonyl (C=O) groups excluding carboxylic acids is 1. The Morgan fingerprint density at radius 2 is 1.74 bits per heavy atom. The number of carboxylic acid groups (broad SMARTS) is 1. The summed E-state index contributed by atoms with van der Waals surface area (Å²) in [5.41, 5.74) is 0.0432. The fraction of sp³-hybridized carbons (Fsp3) is 0.429. The van der Waals surface area contributed by atoms with Crippen molar-refractivity contribution in [2.24, 2.45) is 0 Å². The Balaban J connectivity index is 2.43. The van der Waals surface area contributed by atoms with Gasteiger partial charge in [0.15, 0.2) is 0 Å². The van der Waals surface area contributed by atoms with Gasteiger partial charge in [-0.25, -0.2) is 9.59 Å². The fourth-order valence-corrected chi connectivity index (χ4v) is 1.54. The molecule has 0 radical (unpaired) electrons. The molecule has 19 heavy (non-hydrogen) atoms. The zero-order valence-corrected chi connectivity index (χ0v) is 10.9. The molecule has 1 aromatic rings. The first-order valence-electron chi connectivity index (χ1n) is 6.24. The van der Waals surface area contributed by atoms with E-state index >= 15 is 0 Å². The number of ether oxygens (including phenoxy) is 2. The molecular formula is C14H18O5. The number of rotatable bonds is 8. The van der Waals surface area contributed by atoms with Crippen molar-refractivity contribution in [1.29, 1.82) is 0 Å². The van der Waals surface area contributed by atoms with E-state index < -0.39 is 11.9 Å². The standard InChI is InChI=1S/C14H18O5/c1-2-18-9-5-6-10-19-14(17)12-8-4-3-7-11(12)13(15)16/h3-4,7-8H,2,5-6,9-10H2,1H3,(H,15,16). The van der Waals surface area contributed by atoms with Crippen LogP contribution in [-0.4, -0.2) is 36.9 Å². The summed E-state index contributed by atoms with van der Waals surface area (Å²) in [6.45, 7) is 3.49. The normalized spacial score (nSPS) is 10.2. The zero-order valence-electron chi connectivity index (χ0n) is 10.9. The summed E-state index contributed by atoms with van der Waals surface area (Å²) in [5.74, 6) is -1.74. The molecule has 0 aliphatic rings. The van der Waals surface area contributed by atoms with Gasteiger partial charge in [-0.1, -0.05) is 12.1 Å². The Hall–Kier alpha value is -1.88. The number of hydrogen-bond acceptors (Lipinski definition) is 4. The van der Waals surface area contributed by atoms with Crippen LogP contribution >= 0.6 is 0 Å². The Morgan fingerprint density at radius 1 is 1.11 bits per heavy atom. The number of carboxylic acids is 1. The third kappa shape index (κ3) is 5.09. The summed E-state index contributed by atoms with van der Waals surface area (Å²) < 4.78 is 10.2. The highest BCUT2D eigenvalue weighted by atomic mass is 16.5. The fourth-order valence-electron chi connectivity index (χ4n) is 1.54. The predicted molar refractivity (Wildman–Crippen MR) is 69.4 cm³/mol. The third-order valence-corrected chi connectivity index (χ3v) is 2.50. The van der Waals surface area contributed by atoms with Gasteiger partial charge in [-0.15, -0.1) is 0 Å². The van der Waals surface area contributed by atoms with Crippen molar-refractivity contribution in [2.45, 2.75) is 19.8 Å². The van der Waals surface area contributed by atoms with Gasteiger partial charge in [-0.3, -0.25) is 0 Å². The van der Waals surface area contributed by atoms with Crippen molar-refractivity contribution >= 4 is 11.9 Å². The lowest BCUT2D eigenvalue weighted by atomic mass is 10.1. The van der Waals surface area contributed by atoms with Crippen LogP contribution in [0.2, 0.25) is 0 Å². The quantitative estimate of drug-likeness (QED) is 0.577. The Labute approximate surface area is 112 Å². The Morgan fingerprint density at radius 3 is 2.37 bits per heavy atom. The molecule has 0 aromatic heterocycles. The lowest BCUT2D eigenvalue weighted by molar-refractivity contribution is 0.0474. The summed E-state index contributed by atoms with van der Waals surface area (Å²) in [4.78, 5) is 22.7. The number of unbranched alkanes of at least 4 members (excludes halogenated alkanes) is 1. The highest BCUT2D eigenvalue weighted by Gasteiger charge is 2.16. The first-order valence-corrected chi connectivity index (χ1v) is 6.24. The molecule has 0 aliphatic heterocycles. The van der Waals surface area contributed by atoms with Gasteiger partial charge in [0.05, 0.1) is 17.7 Å². The summed E-state index contributed by atoms with van der Waals surface area (Å²) in [7, 11) is 0. The second kappa shape index (κ2) is 8.26. The SMILES string of the molecule is CCOCCCCOC(=O)c1ccccc1C(=O)O. The molecule has 0 unspecified atom stereocenters. The van der Waals surface area contributed by atoms with Gasteiger partial charge in [0.2, 0.25) is 0 Å². The molecule has 1 rings (SSSR count). The highest BCUT2D eigenvalue weighted by molar-refractivity contribution is 6.02. The van der Waals surface area contributed by atoms with E-state index in [2.05, 4.69) is 0 Å². The van der Waals surface area contributed by atoms with Crippen molar-refractivity contribution in [1.82, 2.24) is 0 Å². The van der Waals surface area contributed by atoms with Gasteiger partial charge in [-0.2, -0.15) is 0 Å². The summed E-state index contributed by atoms with van der Waals surface area (Å²) in [6, 6.07) is 6.01. The van der Waals surface area contributed by atoms with Crippen molar-refractivity contribution in [3.05, 3.63) is 35.4 Å². The van der Waals surface area contributed by atoms with E-state index in [0.29, 0.717) is 19.6 Å². The smallest absolute Gasteiger partial charge is 0.339 e. The number of hydrogen-bond donors (Lipinski definition) is 1. The average molecular weight is 266 g/mol. The van der Waals surface area contributed by atoms with Crippen LogP contribution in [-0.2, 0) is 9.47 Å². The molecule has 1 N–H and O–H groups in total. The van der Waals surface area contributed by atoms with Crippen LogP contribution in [0.5, 0.6) is 0 Å². The van der Waals surface area contributed by atoms with Crippen LogP contribution in [0.4, 0.5) is 0 Å². The number of aromatic carboxylic acids is 1. The second-order valence-corrected chi connectivity index (χ2v) is 3.89. The molecule has 0 atom stereocenters. The molecule has 0 saturated carbocycles. The first-order chi connectivity index (χ1) is 9.16. The molecule has 0 spiro atoms. The van der Waals surface area contributed by atoms with Crippen LogP contribution < -0.4 is 0 Å². The number of benzene rings is 1. The van der Waals surface area contributed by atoms with Crippen LogP contribution in [0.3, 0.4) is 0 Å². The van der Waals surface area contributed by atoms with Gasteiger partial charge >= 0.3 is 11.9 Å². The van der Waals surface area contributed by atoms with Crippen LogP contribution in [0.15, 0.2) is 24.3 Å². The van der Waals surface area contributed by atoms with Gasteiger partial charge in [-0.05, 0) is 31.9 Å². The van der Waals surface area contributed by atoms with E-state index in [1.54, 1.807) is 12.1 Å². The first kappa shape index (κ1) is 15.2. The summed E-state index contributed by atoms with van der Waals surface area (Å²) in [5, 5.41) is 8.96. The summed E-state index contributed by atoms with van der Waals surface area (Å²) in [6.07, 6.45) is 1.50. The molecule has 0 aliphatic carbocycles. The van der Waals surface area contributed by atoms with Gasteiger partial charge in [0.25, 0.3) is 0 Å². The van der Waals surface area contributed by atoms with E-state index in [1.165, 1.54) is 12.1 Å². The van der Waals surface area contributed by atoms with E-state index in [1.807, 2.05) is 6.92 Å². The maximum Gasteiger partial charge on any atom is 0.339 e. The average Bonchev–Trinajstić information content (AvgIpc) is 2.42. The molecular weight excluding hydrogens is 248 g/mol. The van der Waals surface area contributed by atoms with Crippen LogP contribution in [0, 0.1) is 0 Å². The highest BCUT2D eigenvalue weighted by Crippen LogP contribution is 2.10. The largest absolute Gasteiger partial charge is 0.478 e. The van der Waals surface area contributed by atoms with E-state index in [9.17, 15) is 9.59 Å². The van der Waals surface area contributed by atoms with Crippen molar-refractivity contribution in [3.63, 3.8) is 0 Å². The monoisotopic (exact) mass is 266 g/mol. The Bertz CT molecular complexity index is 428. The number of carbonyl (C=O) groups is 2. The van der Waals surface area contributed by atoms with Crippen molar-refractivity contribution in [3.8, 4) is 0 Å². The minimum absolute atomic E-state index is 0.0400. The van der Waals surface area contributed by atoms with E-state index in [4.69, 9.17) is 14.6 Å². The molecule has 0 bridgehead atoms. The van der Waals surface area contributed by atoms with Gasteiger partial charge < -0.3 is 14.6 Å². The summed E-state index contributed by atoms with van der Waals surface area (Å²) >= 11 is 0. The molecule has 0 amide bonds. The van der Waals surface area contributed by atoms with Crippen LogP contribution in [0.1, 0.15) is 40.5 Å². The number of esters is 1. The topological polar surface area (TPSA) is 72.8 Å². The van der Waals surface area contributed by atoms with E-state index in [0.717, 1.165) is 6.42 Å². The predicted octanol–water partition coefficient (Wildman–Crippen LogP) is 2.36. The maximum atomic E-state index is 11.7. The Kier molecular flexibility index (Phi) is 6.60. The lowest BCUT2D eigenvalue weighted by Crippen LogP contribution is -2.12. The molecule has 0 heterocycles. The second-order valence-electron chi connectivity index (χ2n) is 3.89. The molecule has 104 valence electrons. The minimum atomic E-state index is -1.14. The zero-order chi connectivity index (χ0) is 14.1. The molecule has 5 nitrogen and oxygen atoms in total. The molecule has 0 fully saturated rings. The lowest BCUT2D eigenvalue weighted by Gasteiger charge is -2.07. The third-order valence-electron chi connectivity index (χ3n) is 2.50. The van der Waals surface area contributed by atoms with Crippen LogP contribution in [0.25, 0.3) is 0 Å². The van der Waals surface area contributed by atoms with Gasteiger partial charge in [0, 0.05) is 13.2 Å². The van der Waals surface area contributed by atoms with E-state index in [-0.39, 0.29) is 17.7 Å². The molecule has 5 heteroatoms. The molecule has 0 saturated heterocycles. The van der Waals surface area contributed by atoms with Crippen molar-refractivity contribution in [2.75, 3.05) is 19.8 Å². The van der Waals surface area contributed by atoms with Gasteiger partial charge in [0.1, 0.15) is 0 Å².